The number of rotatable bonds is 3. The SMILES string of the molecule is Cc1ccc([C@@H](C(=O)N2CC34CN(C)CC3(CN(C)C4)C2)N(C)C)cc1. The molecule has 26 heavy (non-hydrogen) atoms. The van der Waals surface area contributed by atoms with Gasteiger partial charge in [0.1, 0.15) is 6.04 Å². The van der Waals surface area contributed by atoms with E-state index in [2.05, 4.69) is 64.9 Å². The molecule has 0 radical (unpaired) electrons. The van der Waals surface area contributed by atoms with Gasteiger partial charge in [0.15, 0.2) is 0 Å². The third-order valence-electron chi connectivity index (χ3n) is 6.86. The Hall–Kier alpha value is -1.43. The molecule has 5 heteroatoms. The zero-order valence-corrected chi connectivity index (χ0v) is 16.8. The highest BCUT2D eigenvalue weighted by atomic mass is 16.2. The maximum Gasteiger partial charge on any atom is 0.244 e. The lowest BCUT2D eigenvalue weighted by atomic mass is 9.71. The number of likely N-dealkylation sites (tertiary alicyclic amines) is 3. The zero-order valence-electron chi connectivity index (χ0n) is 16.8. The van der Waals surface area contributed by atoms with E-state index in [1.54, 1.807) is 0 Å². The summed E-state index contributed by atoms with van der Waals surface area (Å²) < 4.78 is 0. The molecule has 3 aliphatic rings. The first kappa shape index (κ1) is 18.0. The van der Waals surface area contributed by atoms with Gasteiger partial charge in [0.05, 0.1) is 0 Å². The third-order valence-corrected chi connectivity index (χ3v) is 6.86. The number of hydrogen-bond donors (Lipinski definition) is 0. The Bertz CT molecular complexity index is 660. The predicted octanol–water partition coefficient (Wildman–Crippen LogP) is 1.30. The standard InChI is InChI=1S/C21H32N4O/c1-16-6-8-17(9-7-16)18(22(2)3)19(26)25-14-20-10-23(4)11-21(20,15-25)13-24(5)12-20/h6-9,18H,10-15H2,1-5H3/t18-,20?,21?/m0/s1. The van der Waals surface area contributed by atoms with Crippen molar-refractivity contribution in [3.05, 3.63) is 35.4 Å². The molecule has 1 aromatic carbocycles. The maximum absolute atomic E-state index is 13.5. The molecule has 142 valence electrons. The number of nitrogens with zero attached hydrogens (tertiary/aromatic N) is 4. The van der Waals surface area contributed by atoms with Crippen molar-refractivity contribution in [2.45, 2.75) is 13.0 Å². The molecule has 3 aliphatic heterocycles. The van der Waals surface area contributed by atoms with Crippen LogP contribution in [0.2, 0.25) is 0 Å². The molecular formula is C21H32N4O. The second-order valence-corrected chi connectivity index (χ2v) is 9.38. The molecule has 0 aromatic heterocycles. The summed E-state index contributed by atoms with van der Waals surface area (Å²) >= 11 is 0. The van der Waals surface area contributed by atoms with Crippen molar-refractivity contribution in [3.63, 3.8) is 0 Å². The van der Waals surface area contributed by atoms with Crippen LogP contribution in [-0.2, 0) is 4.79 Å². The second kappa shape index (κ2) is 6.04. The molecule has 4 rings (SSSR count). The molecule has 5 nitrogen and oxygen atoms in total. The van der Waals surface area contributed by atoms with Crippen molar-refractivity contribution in [1.82, 2.24) is 19.6 Å². The fourth-order valence-electron chi connectivity index (χ4n) is 6.01. The molecule has 3 saturated heterocycles. The minimum Gasteiger partial charge on any atom is -0.340 e. The second-order valence-electron chi connectivity index (χ2n) is 9.38. The number of hydrogen-bond acceptors (Lipinski definition) is 4. The average molecular weight is 357 g/mol. The van der Waals surface area contributed by atoms with Gasteiger partial charge in [-0.3, -0.25) is 9.69 Å². The van der Waals surface area contributed by atoms with Crippen molar-refractivity contribution < 1.29 is 4.79 Å². The topological polar surface area (TPSA) is 30.0 Å². The van der Waals surface area contributed by atoms with Crippen LogP contribution in [-0.4, -0.2) is 93.0 Å². The first-order valence-corrected chi connectivity index (χ1v) is 9.64. The van der Waals surface area contributed by atoms with Gasteiger partial charge in [-0.15, -0.1) is 0 Å². The van der Waals surface area contributed by atoms with Crippen LogP contribution in [0.5, 0.6) is 0 Å². The molecule has 0 spiro atoms. The lowest BCUT2D eigenvalue weighted by molar-refractivity contribution is -0.136. The highest BCUT2D eigenvalue weighted by Crippen LogP contribution is 2.56. The van der Waals surface area contributed by atoms with E-state index in [0.717, 1.165) is 44.8 Å². The van der Waals surface area contributed by atoms with Crippen molar-refractivity contribution >= 4 is 5.91 Å². The molecule has 3 fully saturated rings. The lowest BCUT2D eigenvalue weighted by Crippen LogP contribution is -2.44. The van der Waals surface area contributed by atoms with Crippen LogP contribution in [0.1, 0.15) is 17.2 Å². The van der Waals surface area contributed by atoms with E-state index in [9.17, 15) is 4.79 Å². The van der Waals surface area contributed by atoms with Crippen LogP contribution >= 0.6 is 0 Å². The minimum atomic E-state index is -0.196. The summed E-state index contributed by atoms with van der Waals surface area (Å²) in [5, 5.41) is 0. The van der Waals surface area contributed by atoms with Gasteiger partial charge >= 0.3 is 0 Å². The first-order chi connectivity index (χ1) is 12.3. The van der Waals surface area contributed by atoms with Gasteiger partial charge < -0.3 is 14.7 Å². The van der Waals surface area contributed by atoms with E-state index in [4.69, 9.17) is 0 Å². The molecule has 0 saturated carbocycles. The summed E-state index contributed by atoms with van der Waals surface area (Å²) in [5.41, 5.74) is 2.82. The molecule has 1 atom stereocenters. The van der Waals surface area contributed by atoms with Crippen LogP contribution in [0.25, 0.3) is 0 Å². The van der Waals surface area contributed by atoms with E-state index in [0.29, 0.717) is 0 Å². The molecule has 0 N–H and O–H groups in total. The Morgan fingerprint density at radius 2 is 1.38 bits per heavy atom. The Morgan fingerprint density at radius 1 is 0.923 bits per heavy atom. The molecule has 0 unspecified atom stereocenters. The van der Waals surface area contributed by atoms with Gasteiger partial charge in [0.25, 0.3) is 0 Å². The number of aryl methyl sites for hydroxylation is 1. The van der Waals surface area contributed by atoms with Crippen LogP contribution < -0.4 is 0 Å². The van der Waals surface area contributed by atoms with E-state index in [-0.39, 0.29) is 22.8 Å². The minimum absolute atomic E-state index is 0.196. The monoisotopic (exact) mass is 356 g/mol. The highest BCUT2D eigenvalue weighted by molar-refractivity contribution is 5.84. The lowest BCUT2D eigenvalue weighted by Gasteiger charge is -2.32. The van der Waals surface area contributed by atoms with Crippen molar-refractivity contribution in [3.8, 4) is 0 Å². The molecule has 0 bridgehead atoms. The number of carbonyl (C=O) groups excluding carboxylic acids is 1. The van der Waals surface area contributed by atoms with Crippen molar-refractivity contribution in [2.75, 3.05) is 67.5 Å². The van der Waals surface area contributed by atoms with Crippen LogP contribution in [0.4, 0.5) is 0 Å². The maximum atomic E-state index is 13.5. The van der Waals surface area contributed by atoms with Gasteiger partial charge in [-0.05, 0) is 40.7 Å². The van der Waals surface area contributed by atoms with Crippen molar-refractivity contribution in [1.29, 1.82) is 0 Å². The van der Waals surface area contributed by atoms with E-state index in [1.807, 2.05) is 14.1 Å². The average Bonchev–Trinajstić information content (AvgIpc) is 3.04. The molecule has 3 heterocycles. The van der Waals surface area contributed by atoms with Crippen LogP contribution in [0.3, 0.4) is 0 Å². The number of amides is 1. The van der Waals surface area contributed by atoms with Crippen LogP contribution in [0.15, 0.2) is 24.3 Å². The Kier molecular flexibility index (Phi) is 4.17. The highest BCUT2D eigenvalue weighted by Gasteiger charge is 2.66. The van der Waals surface area contributed by atoms with Gasteiger partial charge in [-0.2, -0.15) is 0 Å². The summed E-state index contributed by atoms with van der Waals surface area (Å²) in [4.78, 5) is 22.7. The van der Waals surface area contributed by atoms with E-state index < -0.39 is 0 Å². The molecule has 0 aliphatic carbocycles. The third kappa shape index (κ3) is 2.60. The summed E-state index contributed by atoms with van der Waals surface area (Å²) in [6.07, 6.45) is 0. The Morgan fingerprint density at radius 3 is 1.81 bits per heavy atom. The quantitative estimate of drug-likeness (QED) is 0.817. The largest absolute Gasteiger partial charge is 0.340 e. The number of benzene rings is 1. The molecule has 1 amide bonds. The van der Waals surface area contributed by atoms with Gasteiger partial charge in [0.2, 0.25) is 5.91 Å². The number of carbonyl (C=O) groups is 1. The van der Waals surface area contributed by atoms with Gasteiger partial charge in [0, 0.05) is 50.1 Å². The zero-order chi connectivity index (χ0) is 18.7. The summed E-state index contributed by atoms with van der Waals surface area (Å²) in [6, 6.07) is 8.22. The smallest absolute Gasteiger partial charge is 0.244 e. The van der Waals surface area contributed by atoms with Crippen molar-refractivity contribution in [2.24, 2.45) is 10.8 Å². The van der Waals surface area contributed by atoms with E-state index >= 15 is 0 Å². The Balaban J connectivity index is 1.60. The molecular weight excluding hydrogens is 324 g/mol. The summed E-state index contributed by atoms with van der Waals surface area (Å²) in [5.74, 6) is 0.263. The Labute approximate surface area is 157 Å². The van der Waals surface area contributed by atoms with Crippen LogP contribution in [0, 0.1) is 17.8 Å². The normalized spacial score (nSPS) is 32.9. The molecule has 1 aromatic rings. The first-order valence-electron chi connectivity index (χ1n) is 9.64. The fraction of sp³-hybridized carbons (Fsp3) is 0.667. The fourth-order valence-corrected chi connectivity index (χ4v) is 6.01. The van der Waals surface area contributed by atoms with Gasteiger partial charge in [-0.1, -0.05) is 29.8 Å². The summed E-state index contributed by atoms with van der Waals surface area (Å²) in [6.45, 7) is 8.32. The summed E-state index contributed by atoms with van der Waals surface area (Å²) in [7, 11) is 8.49. The van der Waals surface area contributed by atoms with E-state index in [1.165, 1.54) is 5.56 Å². The predicted molar refractivity (Wildman–Crippen MR) is 104 cm³/mol. The van der Waals surface area contributed by atoms with Gasteiger partial charge in [-0.25, -0.2) is 0 Å². The number of likely N-dealkylation sites (N-methyl/N-ethyl adjacent to an activating group) is 1.